The van der Waals surface area contributed by atoms with Crippen LogP contribution in [0.3, 0.4) is 0 Å². The molecule has 3 aromatic rings. The summed E-state index contributed by atoms with van der Waals surface area (Å²) in [6, 6.07) is 8.89. The van der Waals surface area contributed by atoms with Gasteiger partial charge in [0, 0.05) is 32.0 Å². The molecule has 0 bridgehead atoms. The van der Waals surface area contributed by atoms with Crippen molar-refractivity contribution >= 4 is 0 Å². The van der Waals surface area contributed by atoms with Crippen molar-refractivity contribution in [3.8, 4) is 0 Å². The van der Waals surface area contributed by atoms with Crippen LogP contribution in [0, 0.1) is 0 Å². The van der Waals surface area contributed by atoms with Crippen LogP contribution >= 0.6 is 0 Å². The highest BCUT2D eigenvalue weighted by atomic mass is 16.2. The molecule has 1 fully saturated rings. The van der Waals surface area contributed by atoms with Gasteiger partial charge in [-0.2, -0.15) is 9.36 Å². The third-order valence-corrected chi connectivity index (χ3v) is 6.63. The van der Waals surface area contributed by atoms with Crippen LogP contribution < -0.4 is 5.69 Å². The summed E-state index contributed by atoms with van der Waals surface area (Å²) in [7, 11) is 0. The predicted octanol–water partition coefficient (Wildman–Crippen LogP) is 1.29. The third kappa shape index (κ3) is 3.02. The number of aryl methyl sites for hydroxylation is 3. The lowest BCUT2D eigenvalue weighted by Crippen LogP contribution is -2.45. The van der Waals surface area contributed by atoms with Crippen molar-refractivity contribution in [2.24, 2.45) is 0 Å². The first-order chi connectivity index (χ1) is 14.2. The van der Waals surface area contributed by atoms with Gasteiger partial charge in [-0.1, -0.05) is 24.3 Å². The molecule has 0 unspecified atom stereocenters. The van der Waals surface area contributed by atoms with E-state index in [1.165, 1.54) is 26.3 Å². The zero-order chi connectivity index (χ0) is 19.8. The number of tetrazole rings is 1. The molecular formula is C21H27N7O. The lowest BCUT2D eigenvalue weighted by molar-refractivity contribution is 0.165. The summed E-state index contributed by atoms with van der Waals surface area (Å²) in [5.74, 6) is 1.21. The lowest BCUT2D eigenvalue weighted by Gasteiger charge is -2.42. The SMILES string of the molecule is CCn1nnn(CCN2CCC3(CC2)c2ccccc2CCn2ccnc23)c1=O. The highest BCUT2D eigenvalue weighted by molar-refractivity contribution is 5.42. The van der Waals surface area contributed by atoms with Crippen molar-refractivity contribution in [1.29, 1.82) is 0 Å². The van der Waals surface area contributed by atoms with E-state index in [0.29, 0.717) is 13.1 Å². The summed E-state index contributed by atoms with van der Waals surface area (Å²) < 4.78 is 5.22. The number of likely N-dealkylation sites (tertiary alicyclic amines) is 1. The van der Waals surface area contributed by atoms with Gasteiger partial charge >= 0.3 is 5.69 Å². The Morgan fingerprint density at radius 1 is 1.03 bits per heavy atom. The Balaban J connectivity index is 1.36. The smallest absolute Gasteiger partial charge is 0.334 e. The van der Waals surface area contributed by atoms with Crippen LogP contribution in [-0.4, -0.2) is 53.9 Å². The van der Waals surface area contributed by atoms with Gasteiger partial charge in [0.25, 0.3) is 0 Å². The second-order valence-corrected chi connectivity index (χ2v) is 8.08. The molecule has 29 heavy (non-hydrogen) atoms. The topological polar surface area (TPSA) is 73.8 Å². The van der Waals surface area contributed by atoms with Crippen molar-refractivity contribution in [3.63, 3.8) is 0 Å². The molecule has 0 amide bonds. The Kier molecular flexibility index (Phi) is 4.58. The Labute approximate surface area is 169 Å². The molecule has 1 saturated heterocycles. The van der Waals surface area contributed by atoms with Gasteiger partial charge in [-0.25, -0.2) is 9.78 Å². The Morgan fingerprint density at radius 3 is 2.62 bits per heavy atom. The summed E-state index contributed by atoms with van der Waals surface area (Å²) in [6.07, 6.45) is 7.20. The molecule has 8 nitrogen and oxygen atoms in total. The number of hydrogen-bond acceptors (Lipinski definition) is 5. The van der Waals surface area contributed by atoms with Crippen LogP contribution in [0.4, 0.5) is 0 Å². The number of benzene rings is 1. The van der Waals surface area contributed by atoms with E-state index in [1.807, 2.05) is 13.1 Å². The second kappa shape index (κ2) is 7.26. The lowest BCUT2D eigenvalue weighted by atomic mass is 9.70. The fourth-order valence-corrected chi connectivity index (χ4v) is 5.01. The second-order valence-electron chi connectivity index (χ2n) is 8.08. The first-order valence-corrected chi connectivity index (χ1v) is 10.5. The molecule has 0 saturated carbocycles. The average Bonchev–Trinajstić information content (AvgIpc) is 3.35. The number of piperidine rings is 1. The van der Waals surface area contributed by atoms with E-state index in [0.717, 1.165) is 45.4 Å². The third-order valence-electron chi connectivity index (χ3n) is 6.63. The van der Waals surface area contributed by atoms with E-state index in [1.54, 1.807) is 0 Å². The molecule has 8 heteroatoms. The Bertz CT molecular complexity index is 1050. The molecule has 1 aromatic carbocycles. The highest BCUT2D eigenvalue weighted by Crippen LogP contribution is 2.44. The van der Waals surface area contributed by atoms with Crippen LogP contribution in [0.5, 0.6) is 0 Å². The predicted molar refractivity (Wildman–Crippen MR) is 109 cm³/mol. The normalized spacial score (nSPS) is 18.4. The molecule has 0 N–H and O–H groups in total. The van der Waals surface area contributed by atoms with Gasteiger partial charge in [-0.05, 0) is 60.8 Å². The van der Waals surface area contributed by atoms with Crippen LogP contribution in [-0.2, 0) is 31.5 Å². The molecule has 152 valence electrons. The maximum atomic E-state index is 12.2. The molecule has 5 rings (SSSR count). The molecule has 1 spiro atoms. The van der Waals surface area contributed by atoms with Crippen LogP contribution in [0.25, 0.3) is 0 Å². The van der Waals surface area contributed by atoms with Gasteiger partial charge in [-0.15, -0.1) is 0 Å². The molecule has 4 heterocycles. The maximum absolute atomic E-state index is 12.2. The zero-order valence-corrected chi connectivity index (χ0v) is 16.9. The van der Waals surface area contributed by atoms with E-state index in [-0.39, 0.29) is 11.1 Å². The fraction of sp³-hybridized carbons (Fsp3) is 0.524. The molecule has 2 aliphatic heterocycles. The number of hydrogen-bond donors (Lipinski definition) is 0. The fourth-order valence-electron chi connectivity index (χ4n) is 5.01. The van der Waals surface area contributed by atoms with Crippen LogP contribution in [0.1, 0.15) is 36.7 Å². The minimum atomic E-state index is -0.124. The number of rotatable bonds is 4. The van der Waals surface area contributed by atoms with Crippen molar-refractivity contribution < 1.29 is 0 Å². The van der Waals surface area contributed by atoms with Gasteiger partial charge in [0.1, 0.15) is 5.82 Å². The number of nitrogens with zero attached hydrogens (tertiary/aromatic N) is 7. The van der Waals surface area contributed by atoms with Crippen molar-refractivity contribution in [3.05, 3.63) is 64.1 Å². The minimum absolute atomic E-state index is 0.0186. The molecule has 0 aliphatic carbocycles. The molecular weight excluding hydrogens is 366 g/mol. The van der Waals surface area contributed by atoms with Crippen LogP contribution in [0.2, 0.25) is 0 Å². The number of fused-ring (bicyclic) bond motifs is 4. The average molecular weight is 393 g/mol. The van der Waals surface area contributed by atoms with Crippen molar-refractivity contribution in [1.82, 2.24) is 34.2 Å². The van der Waals surface area contributed by atoms with Crippen molar-refractivity contribution in [2.45, 2.75) is 51.2 Å². The number of imidazole rings is 1. The van der Waals surface area contributed by atoms with Crippen molar-refractivity contribution in [2.75, 3.05) is 19.6 Å². The zero-order valence-electron chi connectivity index (χ0n) is 16.9. The summed E-state index contributed by atoms with van der Waals surface area (Å²) >= 11 is 0. The molecule has 2 aromatic heterocycles. The minimum Gasteiger partial charge on any atom is -0.334 e. The Morgan fingerprint density at radius 2 is 1.83 bits per heavy atom. The highest BCUT2D eigenvalue weighted by Gasteiger charge is 2.43. The summed E-state index contributed by atoms with van der Waals surface area (Å²) in [5.41, 5.74) is 2.76. The largest absolute Gasteiger partial charge is 0.363 e. The van der Waals surface area contributed by atoms with Gasteiger partial charge in [0.2, 0.25) is 0 Å². The van der Waals surface area contributed by atoms with Gasteiger partial charge in [0.15, 0.2) is 0 Å². The van der Waals surface area contributed by atoms with E-state index in [4.69, 9.17) is 4.98 Å². The molecule has 0 atom stereocenters. The molecule has 0 radical (unpaired) electrons. The summed E-state index contributed by atoms with van der Waals surface area (Å²) in [4.78, 5) is 19.4. The maximum Gasteiger partial charge on any atom is 0.363 e. The first-order valence-electron chi connectivity index (χ1n) is 10.5. The van der Waals surface area contributed by atoms with Crippen LogP contribution in [0.15, 0.2) is 41.5 Å². The Hall–Kier alpha value is -2.74. The van der Waals surface area contributed by atoms with Gasteiger partial charge in [-0.3, -0.25) is 0 Å². The standard InChI is InChI=1S/C21H27N7O/c1-2-27-20(29)28(24-23-27)16-15-25-12-8-21(9-13-25)18-6-4-3-5-17(18)7-11-26-14-10-22-19(21)26/h3-6,10,14H,2,7-9,11-13,15-16H2,1H3. The quantitative estimate of drug-likeness (QED) is 0.668. The van der Waals surface area contributed by atoms with E-state index >= 15 is 0 Å². The van der Waals surface area contributed by atoms with Gasteiger partial charge in [0.05, 0.1) is 12.0 Å². The summed E-state index contributed by atoms with van der Waals surface area (Å²) in [5, 5.41) is 7.90. The monoisotopic (exact) mass is 393 g/mol. The van der Waals surface area contributed by atoms with Gasteiger partial charge < -0.3 is 9.47 Å². The molecule has 2 aliphatic rings. The number of aromatic nitrogens is 6. The van der Waals surface area contributed by atoms with E-state index in [9.17, 15) is 4.79 Å². The first kappa shape index (κ1) is 18.3. The van der Waals surface area contributed by atoms with E-state index < -0.39 is 0 Å². The van der Waals surface area contributed by atoms with E-state index in [2.05, 4.69) is 50.4 Å². The summed E-state index contributed by atoms with van der Waals surface area (Å²) in [6.45, 7) is 6.81.